The van der Waals surface area contributed by atoms with E-state index in [1.54, 1.807) is 19.2 Å². The van der Waals surface area contributed by atoms with Gasteiger partial charge in [-0.25, -0.2) is 8.42 Å². The predicted molar refractivity (Wildman–Crippen MR) is 123 cm³/mol. The summed E-state index contributed by atoms with van der Waals surface area (Å²) >= 11 is 0. The second-order valence-corrected chi connectivity index (χ2v) is 10.3. The van der Waals surface area contributed by atoms with Gasteiger partial charge in [-0.2, -0.15) is 9.29 Å². The number of methoxy groups -OCH3 is 1. The molecule has 9 heteroatoms. The Morgan fingerprint density at radius 2 is 1.91 bits per heavy atom. The molecule has 1 fully saturated rings. The number of sulfonamides is 1. The highest BCUT2D eigenvalue weighted by Gasteiger charge is 2.33. The van der Waals surface area contributed by atoms with Crippen LogP contribution in [0.1, 0.15) is 35.8 Å². The Kier molecular flexibility index (Phi) is 5.46. The van der Waals surface area contributed by atoms with Gasteiger partial charge in [-0.1, -0.05) is 22.9 Å². The van der Waals surface area contributed by atoms with E-state index in [1.807, 2.05) is 44.2 Å². The number of aryl methyl sites for hydroxylation is 2. The van der Waals surface area contributed by atoms with Crippen LogP contribution in [0.5, 0.6) is 5.75 Å². The largest absolute Gasteiger partial charge is 0.497 e. The minimum atomic E-state index is -3.58. The van der Waals surface area contributed by atoms with E-state index in [0.717, 1.165) is 35.1 Å². The number of nitrogens with zero attached hydrogens (tertiary/aromatic N) is 3. The number of ether oxygens (including phenoxy) is 1. The maximum Gasteiger partial charge on any atom is 0.243 e. The zero-order chi connectivity index (χ0) is 23.2. The Labute approximate surface area is 192 Å². The molecule has 1 saturated heterocycles. The molecule has 0 unspecified atom stereocenters. The smallest absolute Gasteiger partial charge is 0.243 e. The maximum atomic E-state index is 13.1. The molecule has 2 aromatic carbocycles. The molecule has 0 bridgehead atoms. The van der Waals surface area contributed by atoms with Gasteiger partial charge < -0.3 is 13.7 Å². The fraction of sp³-hybridized carbons (Fsp3) is 0.333. The lowest BCUT2D eigenvalue weighted by molar-refractivity contribution is 0.265. The van der Waals surface area contributed by atoms with E-state index >= 15 is 0 Å². The van der Waals surface area contributed by atoms with E-state index in [9.17, 15) is 8.42 Å². The summed E-state index contributed by atoms with van der Waals surface area (Å²) in [4.78, 5) is 4.88. The van der Waals surface area contributed by atoms with Gasteiger partial charge in [0.1, 0.15) is 11.3 Å². The number of piperidine rings is 1. The molecule has 0 saturated carbocycles. The average molecular weight is 468 g/mol. The fourth-order valence-electron chi connectivity index (χ4n) is 4.26. The number of rotatable bonds is 5. The van der Waals surface area contributed by atoms with Crippen molar-refractivity contribution in [2.45, 2.75) is 37.5 Å². The zero-order valence-corrected chi connectivity index (χ0v) is 19.6. The van der Waals surface area contributed by atoms with Crippen LogP contribution in [-0.2, 0) is 10.0 Å². The van der Waals surface area contributed by atoms with Gasteiger partial charge in [-0.3, -0.25) is 0 Å². The van der Waals surface area contributed by atoms with Crippen LogP contribution in [0.3, 0.4) is 0 Å². The van der Waals surface area contributed by atoms with Crippen LogP contribution in [0.2, 0.25) is 0 Å². The third-order valence-electron chi connectivity index (χ3n) is 6.18. The van der Waals surface area contributed by atoms with Crippen LogP contribution in [-0.4, -0.2) is 43.1 Å². The Morgan fingerprint density at radius 1 is 1.12 bits per heavy atom. The van der Waals surface area contributed by atoms with Gasteiger partial charge in [0.25, 0.3) is 0 Å². The monoisotopic (exact) mass is 467 g/mol. The molecule has 0 spiro atoms. The molecular weight excluding hydrogens is 442 g/mol. The minimum Gasteiger partial charge on any atom is -0.497 e. The normalized spacial score (nSPS) is 17.5. The lowest BCUT2D eigenvalue weighted by Gasteiger charge is -2.30. The highest BCUT2D eigenvalue weighted by Crippen LogP contribution is 2.35. The number of benzene rings is 2. The molecule has 0 N–H and O–H groups in total. The summed E-state index contributed by atoms with van der Waals surface area (Å²) in [6.45, 7) is 4.64. The van der Waals surface area contributed by atoms with Crippen LogP contribution >= 0.6 is 0 Å². The molecule has 33 heavy (non-hydrogen) atoms. The Hall–Kier alpha value is -3.17. The molecule has 0 radical (unpaired) electrons. The van der Waals surface area contributed by atoms with Gasteiger partial charge in [0, 0.05) is 24.0 Å². The first-order valence-corrected chi connectivity index (χ1v) is 12.3. The first kappa shape index (κ1) is 21.7. The molecule has 2 aromatic heterocycles. The number of hydrogen-bond donors (Lipinski definition) is 0. The van der Waals surface area contributed by atoms with E-state index in [1.165, 1.54) is 4.31 Å². The van der Waals surface area contributed by atoms with Crippen LogP contribution < -0.4 is 4.74 Å². The summed E-state index contributed by atoms with van der Waals surface area (Å²) in [5.74, 6) is 1.88. The van der Waals surface area contributed by atoms with Gasteiger partial charge in [-0.05, 0) is 57.0 Å². The van der Waals surface area contributed by atoms with Crippen LogP contribution in [0, 0.1) is 13.8 Å². The molecule has 1 aliphatic rings. The molecule has 1 aliphatic heterocycles. The topological polar surface area (TPSA) is 98.7 Å². The molecule has 4 aromatic rings. The summed E-state index contributed by atoms with van der Waals surface area (Å²) in [5.41, 5.74) is 2.62. The van der Waals surface area contributed by atoms with Crippen molar-refractivity contribution in [3.8, 4) is 17.3 Å². The quantitative estimate of drug-likeness (QED) is 0.420. The van der Waals surface area contributed by atoms with Gasteiger partial charge in [0.15, 0.2) is 5.76 Å². The fourth-order valence-corrected chi connectivity index (χ4v) is 5.78. The minimum absolute atomic E-state index is 0.176. The van der Waals surface area contributed by atoms with E-state index in [0.29, 0.717) is 41.0 Å². The van der Waals surface area contributed by atoms with Gasteiger partial charge in [-0.15, -0.1) is 0 Å². The number of hydrogen-bond acceptors (Lipinski definition) is 7. The van der Waals surface area contributed by atoms with Gasteiger partial charge >= 0.3 is 0 Å². The van der Waals surface area contributed by atoms with Crippen LogP contribution in [0.4, 0.5) is 0 Å². The summed E-state index contributed by atoms with van der Waals surface area (Å²) in [6.07, 6.45) is 1.49. The molecule has 8 nitrogen and oxygen atoms in total. The van der Waals surface area contributed by atoms with Crippen molar-refractivity contribution < 1.29 is 22.1 Å². The predicted octanol–water partition coefficient (Wildman–Crippen LogP) is 4.68. The maximum absolute atomic E-state index is 13.1. The van der Waals surface area contributed by atoms with Crippen molar-refractivity contribution in [3.05, 3.63) is 59.5 Å². The van der Waals surface area contributed by atoms with E-state index in [-0.39, 0.29) is 5.92 Å². The van der Waals surface area contributed by atoms with Crippen molar-refractivity contribution in [1.29, 1.82) is 0 Å². The number of fused-ring (bicyclic) bond motifs is 1. The van der Waals surface area contributed by atoms with Crippen molar-refractivity contribution in [3.63, 3.8) is 0 Å². The van der Waals surface area contributed by atoms with Crippen molar-refractivity contribution in [1.82, 2.24) is 14.4 Å². The second kappa shape index (κ2) is 8.31. The highest BCUT2D eigenvalue weighted by molar-refractivity contribution is 7.89. The third kappa shape index (κ3) is 3.91. The molecule has 172 valence electrons. The average Bonchev–Trinajstić information content (AvgIpc) is 3.44. The lowest BCUT2D eigenvalue weighted by atomic mass is 10.00. The number of aromatic nitrogens is 2. The summed E-state index contributed by atoms with van der Waals surface area (Å²) < 4.78 is 44.6. The van der Waals surface area contributed by atoms with Crippen LogP contribution in [0.25, 0.3) is 22.6 Å². The highest BCUT2D eigenvalue weighted by atomic mass is 32.2. The summed E-state index contributed by atoms with van der Waals surface area (Å²) in [6, 6.07) is 12.5. The van der Waals surface area contributed by atoms with Crippen molar-refractivity contribution in [2.75, 3.05) is 20.2 Å². The van der Waals surface area contributed by atoms with Gasteiger partial charge in [0.2, 0.25) is 21.7 Å². The third-order valence-corrected chi connectivity index (χ3v) is 8.06. The molecule has 5 rings (SSSR count). The van der Waals surface area contributed by atoms with E-state index < -0.39 is 10.0 Å². The van der Waals surface area contributed by atoms with E-state index in [2.05, 4.69) is 10.1 Å². The Morgan fingerprint density at radius 3 is 2.67 bits per heavy atom. The summed E-state index contributed by atoms with van der Waals surface area (Å²) in [7, 11) is -1.96. The zero-order valence-electron chi connectivity index (χ0n) is 18.7. The summed E-state index contributed by atoms with van der Waals surface area (Å²) in [5, 5.41) is 5.06. The lowest BCUT2D eigenvalue weighted by Crippen LogP contribution is -2.39. The standard InChI is InChI=1S/C24H25N3O5S/c1-15-6-9-19(10-7-15)33(28,29)27-12-4-5-17(14-27)24-25-23(26-32-24)22-16(2)20-13-18(30-3)8-11-21(20)31-22/h6-11,13,17H,4-5,12,14H2,1-3H3/t17-/m1/s1. The van der Waals surface area contributed by atoms with Crippen LogP contribution in [0.15, 0.2) is 56.3 Å². The molecule has 3 heterocycles. The Balaban J connectivity index is 1.40. The van der Waals surface area contributed by atoms with Crippen molar-refractivity contribution >= 4 is 21.0 Å². The first-order chi connectivity index (χ1) is 15.9. The molecule has 1 atom stereocenters. The molecular formula is C24H25N3O5S. The van der Waals surface area contributed by atoms with E-state index in [4.69, 9.17) is 13.7 Å². The van der Waals surface area contributed by atoms with Crippen molar-refractivity contribution in [2.24, 2.45) is 0 Å². The second-order valence-electron chi connectivity index (χ2n) is 8.39. The SMILES string of the molecule is COc1ccc2oc(-c3noc([C@@H]4CCCN(S(=O)(=O)c5ccc(C)cc5)C4)n3)c(C)c2c1. The molecule has 0 amide bonds. The molecule has 0 aliphatic carbocycles. The Bertz CT molecular complexity index is 1410. The number of furan rings is 1. The first-order valence-electron chi connectivity index (χ1n) is 10.8. The van der Waals surface area contributed by atoms with Gasteiger partial charge in [0.05, 0.1) is 17.9 Å².